The van der Waals surface area contributed by atoms with Gasteiger partial charge in [0.15, 0.2) is 0 Å². The summed E-state index contributed by atoms with van der Waals surface area (Å²) in [4.78, 5) is 13.3. The van der Waals surface area contributed by atoms with E-state index >= 15 is 0 Å². The Bertz CT molecular complexity index is 186. The fraction of sp³-hybridized carbons (Fsp3) is 0.900. The Morgan fingerprint density at radius 3 is 2.50 bits per heavy atom. The van der Waals surface area contributed by atoms with E-state index in [1.54, 1.807) is 4.90 Å². The van der Waals surface area contributed by atoms with Crippen LogP contribution in [-0.4, -0.2) is 41.4 Å². The fourth-order valence-corrected chi connectivity index (χ4v) is 1.99. The standard InChI is InChI=1S/C10H19NO3/c1-8-4-3-5-9(2)11(8)10(13)14-7-6-12/h8-9,12H,3-7H2,1-2H3. The highest BCUT2D eigenvalue weighted by Crippen LogP contribution is 2.22. The molecule has 1 rings (SSSR count). The van der Waals surface area contributed by atoms with Gasteiger partial charge in [-0.25, -0.2) is 4.79 Å². The Morgan fingerprint density at radius 1 is 1.43 bits per heavy atom. The van der Waals surface area contributed by atoms with Crippen molar-refractivity contribution in [2.75, 3.05) is 13.2 Å². The van der Waals surface area contributed by atoms with Crippen LogP contribution in [0.4, 0.5) is 4.79 Å². The second-order valence-electron chi connectivity index (χ2n) is 3.87. The van der Waals surface area contributed by atoms with Crippen molar-refractivity contribution in [2.24, 2.45) is 0 Å². The molecule has 0 aliphatic carbocycles. The van der Waals surface area contributed by atoms with Crippen LogP contribution in [-0.2, 0) is 4.74 Å². The zero-order valence-electron chi connectivity index (χ0n) is 8.90. The Morgan fingerprint density at radius 2 is 2.00 bits per heavy atom. The molecule has 4 nitrogen and oxygen atoms in total. The number of rotatable bonds is 2. The maximum atomic E-state index is 11.6. The largest absolute Gasteiger partial charge is 0.447 e. The molecule has 1 fully saturated rings. The first kappa shape index (κ1) is 11.3. The van der Waals surface area contributed by atoms with E-state index in [9.17, 15) is 4.79 Å². The van der Waals surface area contributed by atoms with Crippen molar-refractivity contribution in [1.29, 1.82) is 0 Å². The number of ether oxygens (including phenoxy) is 1. The van der Waals surface area contributed by atoms with Gasteiger partial charge in [0.05, 0.1) is 6.61 Å². The van der Waals surface area contributed by atoms with Gasteiger partial charge < -0.3 is 14.7 Å². The highest BCUT2D eigenvalue weighted by molar-refractivity contribution is 5.68. The van der Waals surface area contributed by atoms with Crippen LogP contribution in [0.5, 0.6) is 0 Å². The third kappa shape index (κ3) is 2.61. The molecule has 4 heteroatoms. The topological polar surface area (TPSA) is 49.8 Å². The molecule has 2 unspecified atom stereocenters. The third-order valence-corrected chi connectivity index (χ3v) is 2.72. The van der Waals surface area contributed by atoms with Gasteiger partial charge in [0, 0.05) is 12.1 Å². The lowest BCUT2D eigenvalue weighted by Crippen LogP contribution is -2.47. The Kier molecular flexibility index (Phi) is 4.20. The zero-order chi connectivity index (χ0) is 10.6. The lowest BCUT2D eigenvalue weighted by molar-refractivity contribution is 0.0455. The smallest absolute Gasteiger partial charge is 0.410 e. The summed E-state index contributed by atoms with van der Waals surface area (Å²) in [6.07, 6.45) is 2.96. The molecule has 2 atom stereocenters. The number of amides is 1. The SMILES string of the molecule is CC1CCCC(C)N1C(=O)OCCO. The van der Waals surface area contributed by atoms with Crippen molar-refractivity contribution in [1.82, 2.24) is 4.90 Å². The van der Waals surface area contributed by atoms with E-state index in [0.29, 0.717) is 0 Å². The van der Waals surface area contributed by atoms with Crippen molar-refractivity contribution in [2.45, 2.75) is 45.2 Å². The van der Waals surface area contributed by atoms with Crippen LogP contribution in [0.3, 0.4) is 0 Å². The van der Waals surface area contributed by atoms with Gasteiger partial charge in [-0.05, 0) is 33.1 Å². The monoisotopic (exact) mass is 201 g/mol. The number of piperidine rings is 1. The normalized spacial score (nSPS) is 27.5. The lowest BCUT2D eigenvalue weighted by atomic mass is 9.98. The Labute approximate surface area is 84.8 Å². The molecule has 1 N–H and O–H groups in total. The van der Waals surface area contributed by atoms with Gasteiger partial charge in [0.1, 0.15) is 6.61 Å². The first-order valence-electron chi connectivity index (χ1n) is 5.22. The second-order valence-corrected chi connectivity index (χ2v) is 3.87. The summed E-state index contributed by atoms with van der Waals surface area (Å²) in [6, 6.07) is 0.509. The summed E-state index contributed by atoms with van der Waals surface area (Å²) in [5, 5.41) is 8.55. The van der Waals surface area contributed by atoms with E-state index in [1.807, 2.05) is 13.8 Å². The van der Waals surface area contributed by atoms with E-state index in [4.69, 9.17) is 9.84 Å². The van der Waals surface area contributed by atoms with Gasteiger partial charge in [0.25, 0.3) is 0 Å². The number of carbonyl (C=O) groups excluding carboxylic acids is 1. The molecule has 14 heavy (non-hydrogen) atoms. The lowest BCUT2D eigenvalue weighted by Gasteiger charge is -2.37. The molecular weight excluding hydrogens is 182 g/mol. The van der Waals surface area contributed by atoms with E-state index in [0.717, 1.165) is 12.8 Å². The number of hydrogen-bond donors (Lipinski definition) is 1. The van der Waals surface area contributed by atoms with E-state index in [1.165, 1.54) is 6.42 Å². The third-order valence-electron chi connectivity index (χ3n) is 2.72. The molecule has 0 aromatic rings. The van der Waals surface area contributed by atoms with Crippen LogP contribution in [0.2, 0.25) is 0 Å². The number of likely N-dealkylation sites (tertiary alicyclic amines) is 1. The van der Waals surface area contributed by atoms with E-state index < -0.39 is 0 Å². The number of nitrogens with zero attached hydrogens (tertiary/aromatic N) is 1. The number of hydrogen-bond acceptors (Lipinski definition) is 3. The predicted octanol–water partition coefficient (Wildman–Crippen LogP) is 1.38. The van der Waals surface area contributed by atoms with Crippen LogP contribution >= 0.6 is 0 Å². The molecule has 0 saturated carbocycles. The number of aliphatic hydroxyl groups excluding tert-OH is 1. The molecular formula is C10H19NO3. The molecule has 0 aromatic heterocycles. The van der Waals surface area contributed by atoms with Crippen LogP contribution in [0.1, 0.15) is 33.1 Å². The van der Waals surface area contributed by atoms with Gasteiger partial charge in [-0.15, -0.1) is 0 Å². The first-order valence-corrected chi connectivity index (χ1v) is 5.22. The average Bonchev–Trinajstić information content (AvgIpc) is 2.14. The summed E-state index contributed by atoms with van der Waals surface area (Å²) in [6.45, 7) is 4.06. The zero-order valence-corrected chi connectivity index (χ0v) is 8.90. The molecule has 0 aromatic carbocycles. The highest BCUT2D eigenvalue weighted by Gasteiger charge is 2.29. The predicted molar refractivity (Wildman–Crippen MR) is 53.0 cm³/mol. The summed E-state index contributed by atoms with van der Waals surface area (Å²) < 4.78 is 4.91. The molecule has 1 amide bonds. The van der Waals surface area contributed by atoms with Crippen molar-refractivity contribution < 1.29 is 14.6 Å². The average molecular weight is 201 g/mol. The highest BCUT2D eigenvalue weighted by atomic mass is 16.6. The van der Waals surface area contributed by atoms with E-state index in [2.05, 4.69) is 0 Å². The Hall–Kier alpha value is -0.770. The maximum absolute atomic E-state index is 11.6. The molecule has 1 aliphatic heterocycles. The van der Waals surface area contributed by atoms with Crippen LogP contribution in [0.25, 0.3) is 0 Å². The Balaban J connectivity index is 2.49. The molecule has 1 saturated heterocycles. The maximum Gasteiger partial charge on any atom is 0.410 e. The molecule has 82 valence electrons. The summed E-state index contributed by atoms with van der Waals surface area (Å²) in [7, 11) is 0. The van der Waals surface area contributed by atoms with Crippen LogP contribution < -0.4 is 0 Å². The van der Waals surface area contributed by atoms with Crippen LogP contribution in [0, 0.1) is 0 Å². The molecule has 1 heterocycles. The quantitative estimate of drug-likeness (QED) is 0.734. The minimum Gasteiger partial charge on any atom is -0.447 e. The van der Waals surface area contributed by atoms with Crippen molar-refractivity contribution in [3.05, 3.63) is 0 Å². The fourth-order valence-electron chi connectivity index (χ4n) is 1.99. The number of carbonyl (C=O) groups is 1. The van der Waals surface area contributed by atoms with Gasteiger partial charge in [-0.1, -0.05) is 0 Å². The molecule has 0 radical (unpaired) electrons. The van der Waals surface area contributed by atoms with Gasteiger partial charge in [-0.2, -0.15) is 0 Å². The van der Waals surface area contributed by atoms with Gasteiger partial charge in [-0.3, -0.25) is 0 Å². The number of aliphatic hydroxyl groups is 1. The second kappa shape index (κ2) is 5.20. The van der Waals surface area contributed by atoms with Crippen molar-refractivity contribution in [3.8, 4) is 0 Å². The van der Waals surface area contributed by atoms with Crippen molar-refractivity contribution in [3.63, 3.8) is 0 Å². The minimum absolute atomic E-state index is 0.0920. The summed E-state index contributed by atoms with van der Waals surface area (Å²) >= 11 is 0. The first-order chi connectivity index (χ1) is 6.66. The molecule has 1 aliphatic rings. The molecule has 0 spiro atoms. The minimum atomic E-state index is -0.293. The van der Waals surface area contributed by atoms with Crippen molar-refractivity contribution >= 4 is 6.09 Å². The summed E-state index contributed by atoms with van der Waals surface area (Å²) in [5.74, 6) is 0. The molecule has 0 bridgehead atoms. The summed E-state index contributed by atoms with van der Waals surface area (Å²) in [5.41, 5.74) is 0. The van der Waals surface area contributed by atoms with Gasteiger partial charge >= 0.3 is 6.09 Å². The van der Waals surface area contributed by atoms with Gasteiger partial charge in [0.2, 0.25) is 0 Å². The van der Waals surface area contributed by atoms with Crippen LogP contribution in [0.15, 0.2) is 0 Å². The van der Waals surface area contributed by atoms with E-state index in [-0.39, 0.29) is 31.4 Å².